The van der Waals surface area contributed by atoms with Crippen LogP contribution in [0.15, 0.2) is 42.7 Å². The Bertz CT molecular complexity index is 1040. The van der Waals surface area contributed by atoms with E-state index in [4.69, 9.17) is 0 Å². The third-order valence-corrected chi connectivity index (χ3v) is 4.25. The number of aromatic nitrogens is 3. The fraction of sp³-hybridized carbons (Fsp3) is 0.200. The maximum atomic E-state index is 14.6. The van der Waals surface area contributed by atoms with E-state index in [1.807, 2.05) is 19.9 Å². The van der Waals surface area contributed by atoms with Crippen LogP contribution in [-0.2, 0) is 11.8 Å². The minimum Gasteiger partial charge on any atom is -0.342 e. The van der Waals surface area contributed by atoms with Crippen molar-refractivity contribution >= 4 is 17.5 Å². The van der Waals surface area contributed by atoms with E-state index in [2.05, 4.69) is 20.7 Å². The second kappa shape index (κ2) is 7.99. The van der Waals surface area contributed by atoms with Crippen molar-refractivity contribution in [3.8, 4) is 11.1 Å². The lowest BCUT2D eigenvalue weighted by Crippen LogP contribution is -2.33. The van der Waals surface area contributed by atoms with Gasteiger partial charge < -0.3 is 10.6 Å². The van der Waals surface area contributed by atoms with Gasteiger partial charge in [-0.15, -0.1) is 0 Å². The molecule has 0 fully saturated rings. The lowest BCUT2D eigenvalue weighted by molar-refractivity contribution is -0.115. The monoisotopic (exact) mass is 381 g/mol. The summed E-state index contributed by atoms with van der Waals surface area (Å²) in [6.07, 6.45) is 3.19. The minimum atomic E-state index is -0.460. The van der Waals surface area contributed by atoms with Crippen molar-refractivity contribution in [1.29, 1.82) is 0 Å². The highest BCUT2D eigenvalue weighted by Gasteiger charge is 2.13. The molecule has 0 radical (unpaired) electrons. The number of anilines is 1. The summed E-state index contributed by atoms with van der Waals surface area (Å²) in [6, 6.07) is 7.85. The molecule has 0 atom stereocenters. The zero-order valence-electron chi connectivity index (χ0n) is 15.8. The molecular weight excluding hydrogens is 361 g/mol. The Balaban J connectivity index is 1.66. The molecule has 3 rings (SSSR count). The van der Waals surface area contributed by atoms with Gasteiger partial charge in [0.15, 0.2) is 0 Å². The van der Waals surface area contributed by atoms with Crippen LogP contribution < -0.4 is 10.6 Å². The van der Waals surface area contributed by atoms with Gasteiger partial charge >= 0.3 is 0 Å². The Kier molecular flexibility index (Phi) is 5.49. The molecule has 1 aromatic carbocycles. The third-order valence-electron chi connectivity index (χ3n) is 4.25. The van der Waals surface area contributed by atoms with Crippen molar-refractivity contribution in [1.82, 2.24) is 20.1 Å². The molecule has 0 bridgehead atoms. The summed E-state index contributed by atoms with van der Waals surface area (Å²) in [5, 5.41) is 8.97. The first kappa shape index (κ1) is 19.2. The average molecular weight is 381 g/mol. The lowest BCUT2D eigenvalue weighted by atomic mass is 10.0. The highest BCUT2D eigenvalue weighted by molar-refractivity contribution is 5.98. The molecule has 2 aromatic heterocycles. The number of amides is 2. The quantitative estimate of drug-likeness (QED) is 0.711. The Hall–Kier alpha value is -3.55. The van der Waals surface area contributed by atoms with Crippen molar-refractivity contribution in [2.45, 2.75) is 13.8 Å². The number of benzene rings is 1. The molecule has 28 heavy (non-hydrogen) atoms. The molecule has 0 spiro atoms. The first-order valence-electron chi connectivity index (χ1n) is 8.64. The van der Waals surface area contributed by atoms with E-state index < -0.39 is 17.6 Å². The number of carbonyl (C=O) groups excluding carboxylic acids is 2. The molecule has 2 heterocycles. The van der Waals surface area contributed by atoms with Crippen LogP contribution in [0.25, 0.3) is 11.1 Å². The number of halogens is 1. The van der Waals surface area contributed by atoms with Crippen LogP contribution in [0.3, 0.4) is 0 Å². The van der Waals surface area contributed by atoms with Gasteiger partial charge in [-0.05, 0) is 55.3 Å². The van der Waals surface area contributed by atoms with Crippen LogP contribution in [0.1, 0.15) is 21.7 Å². The molecule has 0 saturated heterocycles. The summed E-state index contributed by atoms with van der Waals surface area (Å²) in [5.74, 6) is -1.33. The molecule has 144 valence electrons. The zero-order chi connectivity index (χ0) is 20.3. The Labute approximate surface area is 161 Å². The van der Waals surface area contributed by atoms with Crippen LogP contribution in [0.4, 0.5) is 10.1 Å². The molecule has 2 amide bonds. The van der Waals surface area contributed by atoms with Gasteiger partial charge in [0, 0.05) is 36.4 Å². The second-order valence-corrected chi connectivity index (χ2v) is 6.41. The van der Waals surface area contributed by atoms with E-state index in [0.29, 0.717) is 16.9 Å². The van der Waals surface area contributed by atoms with E-state index in [-0.39, 0.29) is 6.54 Å². The Morgan fingerprint density at radius 3 is 2.61 bits per heavy atom. The molecular formula is C20H20FN5O2. The third kappa shape index (κ3) is 4.22. The smallest absolute Gasteiger partial charge is 0.269 e. The number of carbonyl (C=O) groups is 2. The predicted octanol–water partition coefficient (Wildman–Crippen LogP) is 2.61. The van der Waals surface area contributed by atoms with Crippen LogP contribution in [0, 0.1) is 19.7 Å². The van der Waals surface area contributed by atoms with Crippen molar-refractivity contribution in [3.63, 3.8) is 0 Å². The SMILES string of the molecule is Cc1cc(-c2ccc(NC(=O)CNC(=O)c3ccnn3C)cc2F)c(C)cn1. The minimum absolute atomic E-state index is 0.240. The number of pyridine rings is 1. The van der Waals surface area contributed by atoms with Crippen molar-refractivity contribution in [3.05, 3.63) is 65.5 Å². The van der Waals surface area contributed by atoms with E-state index in [1.165, 1.54) is 16.9 Å². The maximum Gasteiger partial charge on any atom is 0.269 e. The van der Waals surface area contributed by atoms with Crippen LogP contribution >= 0.6 is 0 Å². The summed E-state index contributed by atoms with van der Waals surface area (Å²) >= 11 is 0. The number of rotatable bonds is 5. The van der Waals surface area contributed by atoms with Gasteiger partial charge in [-0.2, -0.15) is 5.10 Å². The van der Waals surface area contributed by atoms with E-state index >= 15 is 0 Å². The molecule has 0 saturated carbocycles. The number of nitrogens with zero attached hydrogens (tertiary/aromatic N) is 3. The van der Waals surface area contributed by atoms with Crippen molar-refractivity contribution < 1.29 is 14.0 Å². The van der Waals surface area contributed by atoms with Gasteiger partial charge in [0.25, 0.3) is 5.91 Å². The Morgan fingerprint density at radius 1 is 1.14 bits per heavy atom. The van der Waals surface area contributed by atoms with E-state index in [1.54, 1.807) is 31.4 Å². The van der Waals surface area contributed by atoms with Gasteiger partial charge in [0.05, 0.1) is 6.54 Å². The van der Waals surface area contributed by atoms with Gasteiger partial charge in [-0.3, -0.25) is 19.3 Å². The first-order chi connectivity index (χ1) is 13.3. The average Bonchev–Trinajstić information content (AvgIpc) is 3.08. The van der Waals surface area contributed by atoms with E-state index in [0.717, 1.165) is 16.8 Å². The van der Waals surface area contributed by atoms with Gasteiger partial charge in [0.2, 0.25) is 5.91 Å². The molecule has 3 aromatic rings. The molecule has 0 aliphatic heterocycles. The molecule has 0 unspecified atom stereocenters. The molecule has 8 heteroatoms. The summed E-state index contributed by atoms with van der Waals surface area (Å²) in [5.41, 5.74) is 3.49. The number of hydrogen-bond acceptors (Lipinski definition) is 4. The second-order valence-electron chi connectivity index (χ2n) is 6.41. The summed E-state index contributed by atoms with van der Waals surface area (Å²) in [6.45, 7) is 3.47. The Morgan fingerprint density at radius 2 is 1.93 bits per heavy atom. The molecule has 2 N–H and O–H groups in total. The van der Waals surface area contributed by atoms with E-state index in [9.17, 15) is 14.0 Å². The fourth-order valence-corrected chi connectivity index (χ4v) is 2.78. The summed E-state index contributed by atoms with van der Waals surface area (Å²) in [4.78, 5) is 28.2. The summed E-state index contributed by atoms with van der Waals surface area (Å²) in [7, 11) is 1.63. The lowest BCUT2D eigenvalue weighted by Gasteiger charge is -2.11. The van der Waals surface area contributed by atoms with Gasteiger partial charge in [-0.1, -0.05) is 0 Å². The normalized spacial score (nSPS) is 10.6. The zero-order valence-corrected chi connectivity index (χ0v) is 15.8. The van der Waals surface area contributed by atoms with Crippen LogP contribution in [0.2, 0.25) is 0 Å². The largest absolute Gasteiger partial charge is 0.342 e. The predicted molar refractivity (Wildman–Crippen MR) is 103 cm³/mol. The highest BCUT2D eigenvalue weighted by atomic mass is 19.1. The fourth-order valence-electron chi connectivity index (χ4n) is 2.78. The van der Waals surface area contributed by atoms with Crippen LogP contribution in [0.5, 0.6) is 0 Å². The maximum absolute atomic E-state index is 14.6. The van der Waals surface area contributed by atoms with Crippen LogP contribution in [-0.4, -0.2) is 33.1 Å². The summed E-state index contributed by atoms with van der Waals surface area (Å²) < 4.78 is 16.0. The van der Waals surface area contributed by atoms with Gasteiger partial charge in [-0.25, -0.2) is 4.39 Å². The molecule has 7 nitrogen and oxygen atoms in total. The standard InChI is InChI=1S/C20H20FN5O2/c1-12-10-22-13(2)8-16(12)15-5-4-14(9-17(15)21)25-19(27)11-23-20(28)18-6-7-24-26(18)3/h4-10H,11H2,1-3H3,(H,23,28)(H,25,27). The number of nitrogens with one attached hydrogen (secondary N) is 2. The topological polar surface area (TPSA) is 88.9 Å². The number of aryl methyl sites for hydroxylation is 3. The number of hydrogen-bond donors (Lipinski definition) is 2. The molecule has 0 aliphatic rings. The molecule has 0 aliphatic carbocycles. The van der Waals surface area contributed by atoms with Crippen molar-refractivity contribution in [2.75, 3.05) is 11.9 Å². The van der Waals surface area contributed by atoms with Gasteiger partial charge in [0.1, 0.15) is 11.5 Å². The van der Waals surface area contributed by atoms with Crippen molar-refractivity contribution in [2.24, 2.45) is 7.05 Å². The highest BCUT2D eigenvalue weighted by Crippen LogP contribution is 2.28. The first-order valence-corrected chi connectivity index (χ1v) is 8.64.